The Labute approximate surface area is 264 Å². The number of nitrogens with zero attached hydrogens (tertiary/aromatic N) is 3. The maximum absolute atomic E-state index is 13.7. The van der Waals surface area contributed by atoms with E-state index in [0.717, 1.165) is 18.7 Å². The summed E-state index contributed by atoms with van der Waals surface area (Å²) < 4.78 is 16.1. The summed E-state index contributed by atoms with van der Waals surface area (Å²) in [6.07, 6.45) is 4.12. The molecule has 3 N–H and O–H groups in total. The molecule has 4 heterocycles. The van der Waals surface area contributed by atoms with E-state index in [1.54, 1.807) is 37.5 Å². The van der Waals surface area contributed by atoms with Gasteiger partial charge in [-0.25, -0.2) is 0 Å². The molecule has 0 saturated carbocycles. The highest BCUT2D eigenvalue weighted by Crippen LogP contribution is 2.29. The van der Waals surface area contributed by atoms with Crippen molar-refractivity contribution in [1.29, 1.82) is 0 Å². The molecular formula is C32H46N6O7. The number of morpholine rings is 1. The monoisotopic (exact) mass is 626 g/mol. The minimum absolute atomic E-state index is 0.0510. The zero-order valence-corrected chi connectivity index (χ0v) is 26.8. The number of pyridine rings is 1. The van der Waals surface area contributed by atoms with Crippen LogP contribution in [-0.4, -0.2) is 95.2 Å². The van der Waals surface area contributed by atoms with Gasteiger partial charge in [-0.3, -0.25) is 29.1 Å². The minimum atomic E-state index is -1.02. The van der Waals surface area contributed by atoms with Gasteiger partial charge in [0.15, 0.2) is 17.2 Å². The zero-order chi connectivity index (χ0) is 32.6. The van der Waals surface area contributed by atoms with Crippen LogP contribution in [-0.2, 0) is 36.8 Å². The Hall–Kier alpha value is -3.68. The van der Waals surface area contributed by atoms with E-state index in [1.807, 2.05) is 27.7 Å². The van der Waals surface area contributed by atoms with E-state index < -0.39 is 41.4 Å². The summed E-state index contributed by atoms with van der Waals surface area (Å²) in [6.45, 7) is 13.1. The number of rotatable bonds is 16. The van der Waals surface area contributed by atoms with Gasteiger partial charge in [0.1, 0.15) is 17.7 Å². The Morgan fingerprint density at radius 2 is 1.51 bits per heavy atom. The third kappa shape index (κ3) is 10.2. The molecule has 4 rings (SSSR count). The molecule has 45 heavy (non-hydrogen) atoms. The first kappa shape index (κ1) is 34.2. The van der Waals surface area contributed by atoms with Gasteiger partial charge in [-0.2, -0.15) is 0 Å². The first-order valence-electron chi connectivity index (χ1n) is 15.7. The fourth-order valence-corrected chi connectivity index (χ4v) is 5.24. The van der Waals surface area contributed by atoms with Crippen LogP contribution in [0.1, 0.15) is 69.3 Å². The molecule has 0 aliphatic carbocycles. The van der Waals surface area contributed by atoms with Gasteiger partial charge in [0.25, 0.3) is 5.91 Å². The number of ketones is 1. The molecular weight excluding hydrogens is 580 g/mol. The smallest absolute Gasteiger partial charge is 0.274 e. The lowest BCUT2D eigenvalue weighted by molar-refractivity contribution is -0.133. The summed E-state index contributed by atoms with van der Waals surface area (Å²) in [7, 11) is 0. The SMILES string of the molecule is CC(C)CC(NC(=O)[C@H](Cc1ccncc1)NC(=O)[C@H](CC(C)C)NC(=O)c1cc(CN2CCOCC2)on1)C(=O)[C@@]1(C)CO1. The molecule has 2 aromatic heterocycles. The summed E-state index contributed by atoms with van der Waals surface area (Å²) in [5.74, 6) is -1.04. The Kier molecular flexibility index (Phi) is 11.8. The number of carbonyl (C=O) groups is 4. The highest BCUT2D eigenvalue weighted by molar-refractivity contribution is 5.99. The van der Waals surface area contributed by atoms with Gasteiger partial charge in [-0.1, -0.05) is 32.9 Å². The summed E-state index contributed by atoms with van der Waals surface area (Å²) in [5, 5.41) is 12.4. The number of epoxide rings is 1. The number of hydrogen-bond acceptors (Lipinski definition) is 10. The van der Waals surface area contributed by atoms with Crippen molar-refractivity contribution in [3.63, 3.8) is 0 Å². The lowest BCUT2D eigenvalue weighted by atomic mass is 9.93. The van der Waals surface area contributed by atoms with Gasteiger partial charge < -0.3 is 29.9 Å². The number of ether oxygens (including phenoxy) is 2. The third-order valence-electron chi connectivity index (χ3n) is 7.86. The van der Waals surface area contributed by atoms with E-state index in [-0.39, 0.29) is 29.7 Å². The Bertz CT molecular complexity index is 1300. The maximum atomic E-state index is 13.7. The van der Waals surface area contributed by atoms with Gasteiger partial charge in [-0.15, -0.1) is 0 Å². The first-order chi connectivity index (χ1) is 21.4. The van der Waals surface area contributed by atoms with Gasteiger partial charge in [0, 0.05) is 38.0 Å². The average Bonchev–Trinajstić information content (AvgIpc) is 3.58. The number of amides is 3. The first-order valence-corrected chi connectivity index (χ1v) is 15.7. The fourth-order valence-electron chi connectivity index (χ4n) is 5.24. The van der Waals surface area contributed by atoms with E-state index in [4.69, 9.17) is 14.0 Å². The molecule has 246 valence electrons. The number of Topliss-reactive ketones (excluding diaryl/α,β-unsaturated/α-hetero) is 1. The quantitative estimate of drug-likeness (QED) is 0.233. The Morgan fingerprint density at radius 1 is 0.911 bits per heavy atom. The van der Waals surface area contributed by atoms with Crippen molar-refractivity contribution in [1.82, 2.24) is 31.0 Å². The number of nitrogens with one attached hydrogen (secondary N) is 3. The Morgan fingerprint density at radius 3 is 2.13 bits per heavy atom. The maximum Gasteiger partial charge on any atom is 0.274 e. The van der Waals surface area contributed by atoms with Gasteiger partial charge in [0.05, 0.1) is 32.4 Å². The Balaban J connectivity index is 1.47. The van der Waals surface area contributed by atoms with E-state index in [9.17, 15) is 19.2 Å². The molecule has 0 radical (unpaired) electrons. The standard InChI is InChI=1S/C32H46N6O7/c1-20(2)14-24(28(39)32(5)19-44-32)34-30(41)26(16-22-6-8-33-9-7-22)36-29(40)25(15-21(3)4)35-31(42)27-17-23(45-37-27)18-38-10-12-43-13-11-38/h6-9,17,20-21,24-26H,10-16,18-19H2,1-5H3,(H,34,41)(H,35,42)(H,36,40)/t24?,25-,26-,32+/m0/s1. The van der Waals surface area contributed by atoms with Crippen molar-refractivity contribution >= 4 is 23.5 Å². The van der Waals surface area contributed by atoms with E-state index in [2.05, 4.69) is 31.0 Å². The van der Waals surface area contributed by atoms with E-state index in [1.165, 1.54) is 0 Å². The average molecular weight is 627 g/mol. The van der Waals surface area contributed by atoms with Crippen LogP contribution < -0.4 is 16.0 Å². The molecule has 2 fully saturated rings. The van der Waals surface area contributed by atoms with Gasteiger partial charge in [0.2, 0.25) is 11.8 Å². The minimum Gasteiger partial charge on any atom is -0.379 e. The van der Waals surface area contributed by atoms with Crippen LogP contribution in [0.25, 0.3) is 0 Å². The molecule has 2 aromatic rings. The van der Waals surface area contributed by atoms with Crippen molar-refractivity contribution < 1.29 is 33.2 Å². The van der Waals surface area contributed by atoms with E-state index >= 15 is 0 Å². The highest BCUT2D eigenvalue weighted by Gasteiger charge is 2.50. The molecule has 0 spiro atoms. The summed E-state index contributed by atoms with van der Waals surface area (Å²) >= 11 is 0. The largest absolute Gasteiger partial charge is 0.379 e. The molecule has 13 heteroatoms. The third-order valence-corrected chi connectivity index (χ3v) is 7.86. The molecule has 0 bridgehead atoms. The van der Waals surface area contributed by atoms with Crippen LogP contribution >= 0.6 is 0 Å². The second kappa shape index (κ2) is 15.5. The van der Waals surface area contributed by atoms with Crippen LogP contribution in [0, 0.1) is 11.8 Å². The molecule has 0 aromatic carbocycles. The summed E-state index contributed by atoms with van der Waals surface area (Å²) in [6, 6.07) is 2.35. The van der Waals surface area contributed by atoms with Crippen molar-refractivity contribution in [2.75, 3.05) is 32.9 Å². The molecule has 3 amide bonds. The molecule has 2 aliphatic heterocycles. The van der Waals surface area contributed by atoms with Crippen LogP contribution in [0.15, 0.2) is 35.1 Å². The normalized spacial score (nSPS) is 20.3. The van der Waals surface area contributed by atoms with Crippen molar-refractivity contribution in [3.8, 4) is 0 Å². The van der Waals surface area contributed by atoms with Crippen LogP contribution in [0.2, 0.25) is 0 Å². The number of carbonyl (C=O) groups excluding carboxylic acids is 4. The fraction of sp³-hybridized carbons (Fsp3) is 0.625. The van der Waals surface area contributed by atoms with Crippen molar-refractivity contribution in [3.05, 3.63) is 47.6 Å². The molecule has 2 aliphatic rings. The van der Waals surface area contributed by atoms with Crippen LogP contribution in [0.4, 0.5) is 0 Å². The highest BCUT2D eigenvalue weighted by atomic mass is 16.6. The van der Waals surface area contributed by atoms with Crippen LogP contribution in [0.3, 0.4) is 0 Å². The van der Waals surface area contributed by atoms with Gasteiger partial charge >= 0.3 is 0 Å². The number of aromatic nitrogens is 2. The number of hydrogen-bond donors (Lipinski definition) is 3. The lowest BCUT2D eigenvalue weighted by Gasteiger charge is -2.27. The molecule has 4 atom stereocenters. The molecule has 1 unspecified atom stereocenters. The lowest BCUT2D eigenvalue weighted by Crippen LogP contribution is -2.57. The van der Waals surface area contributed by atoms with Crippen LogP contribution in [0.5, 0.6) is 0 Å². The van der Waals surface area contributed by atoms with E-state index in [0.29, 0.717) is 45.0 Å². The predicted molar refractivity (Wildman–Crippen MR) is 164 cm³/mol. The van der Waals surface area contributed by atoms with Gasteiger partial charge in [-0.05, 0) is 49.3 Å². The molecule has 2 saturated heterocycles. The second-order valence-corrected chi connectivity index (χ2v) is 12.9. The van der Waals surface area contributed by atoms with Crippen molar-refractivity contribution in [2.24, 2.45) is 11.8 Å². The van der Waals surface area contributed by atoms with Crippen molar-refractivity contribution in [2.45, 2.75) is 84.2 Å². The molecule has 13 nitrogen and oxygen atoms in total. The summed E-state index contributed by atoms with van der Waals surface area (Å²) in [4.78, 5) is 60.0. The topological polar surface area (TPSA) is 168 Å². The predicted octanol–water partition coefficient (Wildman–Crippen LogP) is 1.66. The second-order valence-electron chi connectivity index (χ2n) is 12.9. The summed E-state index contributed by atoms with van der Waals surface area (Å²) in [5.41, 5.74) is -0.0711. The zero-order valence-electron chi connectivity index (χ0n) is 26.8.